The van der Waals surface area contributed by atoms with Gasteiger partial charge in [-0.3, -0.25) is 0 Å². The van der Waals surface area contributed by atoms with Gasteiger partial charge in [-0.2, -0.15) is 0 Å². The van der Waals surface area contributed by atoms with Crippen LogP contribution in [0.1, 0.15) is 5.56 Å². The van der Waals surface area contributed by atoms with Crippen LogP contribution >= 0.6 is 12.2 Å². The summed E-state index contributed by atoms with van der Waals surface area (Å²) in [6.07, 6.45) is 0. The van der Waals surface area contributed by atoms with Crippen LogP contribution in [0.2, 0.25) is 0 Å². The molecule has 0 unspecified atom stereocenters. The molecule has 0 saturated carbocycles. The summed E-state index contributed by atoms with van der Waals surface area (Å²) in [5, 5.41) is 9.23. The van der Waals surface area contributed by atoms with Crippen LogP contribution in [0.3, 0.4) is 0 Å². The van der Waals surface area contributed by atoms with Crippen LogP contribution in [0, 0.1) is 0 Å². The second-order valence-electron chi connectivity index (χ2n) is 1.99. The van der Waals surface area contributed by atoms with E-state index in [9.17, 15) is 5.11 Å². The van der Waals surface area contributed by atoms with Gasteiger partial charge in [-0.15, -0.1) is 0 Å². The summed E-state index contributed by atoms with van der Waals surface area (Å²) in [6, 6.07) is 6.74. The molecule has 0 aromatic heterocycles. The Morgan fingerprint density at radius 3 is 2.64 bits per heavy atom. The highest BCUT2D eigenvalue weighted by Gasteiger charge is 2.02. The first-order chi connectivity index (χ1) is 5.25. The highest BCUT2D eigenvalue weighted by Crippen LogP contribution is 2.14. The molecule has 4 N–H and O–H groups in total. The minimum Gasteiger partial charge on any atom is -0.507 e. The molecule has 11 heavy (non-hydrogen) atoms. The Hall–Kier alpha value is -1.13. The van der Waals surface area contributed by atoms with Crippen LogP contribution in [0.15, 0.2) is 24.3 Å². The molecule has 0 saturated heterocycles. The molecule has 0 aliphatic rings. The molecule has 0 aliphatic heterocycles. The van der Waals surface area contributed by atoms with Crippen LogP contribution in [0.25, 0.3) is 0 Å². The lowest BCUT2D eigenvalue weighted by molar-refractivity contribution is 0.474. The smallest absolute Gasteiger partial charge is 0.125 e. The monoisotopic (exact) mass is 168 g/mol. The van der Waals surface area contributed by atoms with Gasteiger partial charge in [0.15, 0.2) is 0 Å². The number of rotatable bonds is 1. The van der Waals surface area contributed by atoms with Gasteiger partial charge in [0.25, 0.3) is 0 Å². The number of hydrazine groups is 1. The Bertz CT molecular complexity index is 275. The van der Waals surface area contributed by atoms with E-state index < -0.39 is 0 Å². The summed E-state index contributed by atoms with van der Waals surface area (Å²) < 4.78 is 0. The van der Waals surface area contributed by atoms with Crippen molar-refractivity contribution >= 4 is 17.2 Å². The Morgan fingerprint density at radius 2 is 2.09 bits per heavy atom. The minimum absolute atomic E-state index is 0.135. The van der Waals surface area contributed by atoms with Gasteiger partial charge in [0.05, 0.1) is 5.56 Å². The van der Waals surface area contributed by atoms with Crippen molar-refractivity contribution in [2.75, 3.05) is 0 Å². The van der Waals surface area contributed by atoms with Gasteiger partial charge in [-0.05, 0) is 12.1 Å². The molecule has 1 rings (SSSR count). The Kier molecular flexibility index (Phi) is 2.40. The first-order valence-electron chi connectivity index (χ1n) is 3.04. The van der Waals surface area contributed by atoms with Crippen molar-refractivity contribution in [2.24, 2.45) is 5.84 Å². The fraction of sp³-hybridized carbons (Fsp3) is 0. The second-order valence-corrected chi connectivity index (χ2v) is 2.40. The number of hydrogen-bond donors (Lipinski definition) is 3. The number of thiocarbonyl (C=S) groups is 1. The van der Waals surface area contributed by atoms with Crippen molar-refractivity contribution in [1.82, 2.24) is 5.43 Å². The zero-order chi connectivity index (χ0) is 8.27. The molecule has 1 aromatic carbocycles. The van der Waals surface area contributed by atoms with Crippen molar-refractivity contribution in [1.29, 1.82) is 0 Å². The zero-order valence-corrected chi connectivity index (χ0v) is 6.56. The fourth-order valence-electron chi connectivity index (χ4n) is 0.743. The van der Waals surface area contributed by atoms with Crippen LogP contribution in [0.5, 0.6) is 5.75 Å². The molecule has 0 radical (unpaired) electrons. The highest BCUT2D eigenvalue weighted by molar-refractivity contribution is 7.80. The van der Waals surface area contributed by atoms with Crippen LogP contribution in [-0.4, -0.2) is 10.1 Å². The van der Waals surface area contributed by atoms with E-state index in [0.29, 0.717) is 10.6 Å². The van der Waals surface area contributed by atoms with Crippen LogP contribution in [0.4, 0.5) is 0 Å². The average molecular weight is 168 g/mol. The Labute approximate surface area is 69.8 Å². The summed E-state index contributed by atoms with van der Waals surface area (Å²) in [5.74, 6) is 5.21. The SMILES string of the molecule is NNC(=S)c1ccccc1O. The number of hydrogen-bond acceptors (Lipinski definition) is 3. The lowest BCUT2D eigenvalue weighted by Crippen LogP contribution is -2.29. The third-order valence-corrected chi connectivity index (χ3v) is 1.62. The van der Waals surface area contributed by atoms with E-state index in [0.717, 1.165) is 0 Å². The van der Waals surface area contributed by atoms with Crippen LogP contribution in [-0.2, 0) is 0 Å². The average Bonchev–Trinajstić information content (AvgIpc) is 2.04. The van der Waals surface area contributed by atoms with Crippen molar-refractivity contribution in [2.45, 2.75) is 0 Å². The minimum atomic E-state index is 0.135. The maximum atomic E-state index is 9.23. The summed E-state index contributed by atoms with van der Waals surface area (Å²) >= 11 is 4.81. The molecular formula is C7H8N2OS. The number of nitrogens with one attached hydrogen (secondary N) is 1. The van der Waals surface area contributed by atoms with Gasteiger partial charge >= 0.3 is 0 Å². The van der Waals surface area contributed by atoms with Crippen molar-refractivity contribution in [3.05, 3.63) is 29.8 Å². The molecule has 58 valence electrons. The van der Waals surface area contributed by atoms with Crippen LogP contribution < -0.4 is 11.3 Å². The van der Waals surface area contributed by atoms with E-state index >= 15 is 0 Å². The van der Waals surface area contributed by atoms with Crippen molar-refractivity contribution < 1.29 is 5.11 Å². The number of para-hydroxylation sites is 1. The molecule has 0 aliphatic carbocycles. The third-order valence-electron chi connectivity index (χ3n) is 1.28. The molecule has 0 bridgehead atoms. The van der Waals surface area contributed by atoms with Gasteiger partial charge in [-0.1, -0.05) is 24.4 Å². The second kappa shape index (κ2) is 3.32. The van der Waals surface area contributed by atoms with E-state index in [1.807, 2.05) is 0 Å². The first-order valence-corrected chi connectivity index (χ1v) is 3.45. The molecule has 0 fully saturated rings. The van der Waals surface area contributed by atoms with Gasteiger partial charge in [0, 0.05) is 0 Å². The first kappa shape index (κ1) is 7.97. The van der Waals surface area contributed by atoms with Crippen molar-refractivity contribution in [3.8, 4) is 5.75 Å². The highest BCUT2D eigenvalue weighted by atomic mass is 32.1. The predicted octanol–water partition coefficient (Wildman–Crippen LogP) is 0.531. The van der Waals surface area contributed by atoms with Crippen molar-refractivity contribution in [3.63, 3.8) is 0 Å². The summed E-state index contributed by atoms with van der Waals surface area (Å²) in [5.41, 5.74) is 2.84. The number of aromatic hydroxyl groups is 1. The Morgan fingerprint density at radius 1 is 1.45 bits per heavy atom. The molecule has 0 atom stereocenters. The number of phenolic OH excluding ortho intramolecular Hbond substituents is 1. The summed E-state index contributed by atoms with van der Waals surface area (Å²) in [7, 11) is 0. The lowest BCUT2D eigenvalue weighted by atomic mass is 10.2. The fourth-order valence-corrected chi connectivity index (χ4v) is 0.916. The van der Waals surface area contributed by atoms with E-state index in [-0.39, 0.29) is 5.75 Å². The molecule has 3 nitrogen and oxygen atoms in total. The third kappa shape index (κ3) is 1.66. The molecule has 1 aromatic rings. The standard InChI is InChI=1S/C7H8N2OS/c8-9-7(11)5-3-1-2-4-6(5)10/h1-4,10H,8H2,(H,9,11). The topological polar surface area (TPSA) is 58.3 Å². The number of phenols is 1. The van der Waals surface area contributed by atoms with Gasteiger partial charge in [0.1, 0.15) is 10.7 Å². The lowest BCUT2D eigenvalue weighted by Gasteiger charge is -2.03. The summed E-state index contributed by atoms with van der Waals surface area (Å²) in [6.45, 7) is 0. The van der Waals surface area contributed by atoms with E-state index in [1.54, 1.807) is 24.3 Å². The van der Waals surface area contributed by atoms with Gasteiger partial charge < -0.3 is 10.5 Å². The number of nitrogens with two attached hydrogens (primary N) is 1. The predicted molar refractivity (Wildman–Crippen MR) is 47.1 cm³/mol. The number of benzene rings is 1. The normalized spacial score (nSPS) is 9.18. The molecule has 0 spiro atoms. The zero-order valence-electron chi connectivity index (χ0n) is 5.74. The molecule has 0 heterocycles. The van der Waals surface area contributed by atoms with Gasteiger partial charge in [-0.25, -0.2) is 5.84 Å². The van der Waals surface area contributed by atoms with E-state index in [2.05, 4.69) is 5.43 Å². The molecule has 0 amide bonds. The quantitative estimate of drug-likeness (QED) is 0.325. The maximum Gasteiger partial charge on any atom is 0.125 e. The van der Waals surface area contributed by atoms with E-state index in [4.69, 9.17) is 18.1 Å². The van der Waals surface area contributed by atoms with Gasteiger partial charge in [0.2, 0.25) is 0 Å². The Balaban J connectivity index is 3.03. The molecule has 4 heteroatoms. The van der Waals surface area contributed by atoms with E-state index in [1.165, 1.54) is 0 Å². The largest absolute Gasteiger partial charge is 0.507 e. The summed E-state index contributed by atoms with van der Waals surface area (Å²) in [4.78, 5) is 0.336. The molecular weight excluding hydrogens is 160 g/mol. The maximum absolute atomic E-state index is 9.23.